The van der Waals surface area contributed by atoms with Gasteiger partial charge in [-0.3, -0.25) is 19.7 Å². The summed E-state index contributed by atoms with van der Waals surface area (Å²) in [5, 5.41) is 10.5. The normalized spacial score (nSPS) is 9.94. The van der Waals surface area contributed by atoms with Gasteiger partial charge in [0.25, 0.3) is 11.6 Å². The Morgan fingerprint density at radius 3 is 2.50 bits per heavy atom. The fraction of sp³-hybridized carbons (Fsp3) is 0.273. The van der Waals surface area contributed by atoms with Gasteiger partial charge >= 0.3 is 0 Å². The van der Waals surface area contributed by atoms with E-state index in [9.17, 15) is 24.1 Å². The molecule has 0 atom stereocenters. The average Bonchev–Trinajstić information content (AvgIpc) is 2.30. The third-order valence-corrected chi connectivity index (χ3v) is 2.24. The first-order valence-electron chi connectivity index (χ1n) is 5.00. The van der Waals surface area contributed by atoms with Gasteiger partial charge in [-0.25, -0.2) is 4.39 Å². The summed E-state index contributed by atoms with van der Waals surface area (Å²) in [5.74, 6) is -2.35. The van der Waals surface area contributed by atoms with Gasteiger partial charge in [-0.1, -0.05) is 0 Å². The molecule has 0 aliphatic heterocycles. The highest BCUT2D eigenvalue weighted by Crippen LogP contribution is 2.17. The Morgan fingerprint density at radius 2 is 2.00 bits per heavy atom. The predicted molar refractivity (Wildman–Crippen MR) is 60.5 cm³/mol. The maximum absolute atomic E-state index is 13.4. The number of nitrogens with zero attached hydrogens (tertiary/aromatic N) is 2. The van der Waals surface area contributed by atoms with Crippen molar-refractivity contribution in [1.82, 2.24) is 4.90 Å². The summed E-state index contributed by atoms with van der Waals surface area (Å²) in [5.41, 5.74) is -0.485. The highest BCUT2D eigenvalue weighted by molar-refractivity contribution is 6.36. The maximum atomic E-state index is 13.4. The van der Waals surface area contributed by atoms with Crippen molar-refractivity contribution in [1.29, 1.82) is 0 Å². The maximum Gasteiger partial charge on any atom is 0.289 e. The van der Waals surface area contributed by atoms with Crippen molar-refractivity contribution in [3.8, 4) is 0 Å². The summed E-state index contributed by atoms with van der Waals surface area (Å²) in [6.07, 6.45) is -0.496. The molecule has 7 heteroatoms. The Labute approximate surface area is 102 Å². The predicted octanol–water partition coefficient (Wildman–Crippen LogP) is 0.934. The lowest BCUT2D eigenvalue weighted by atomic mass is 10.1. The third kappa shape index (κ3) is 3.09. The molecule has 0 bridgehead atoms. The van der Waals surface area contributed by atoms with Crippen LogP contribution >= 0.6 is 0 Å². The second-order valence-electron chi connectivity index (χ2n) is 3.83. The van der Waals surface area contributed by atoms with Crippen molar-refractivity contribution < 1.29 is 18.9 Å². The van der Waals surface area contributed by atoms with E-state index in [1.807, 2.05) is 0 Å². The number of carbonyl (C=O) groups excluding carboxylic acids is 2. The SMILES string of the molecule is CN(C)C(=O)C(=O)Cc1cc([N+](=O)[O-])ccc1F. The molecule has 6 nitrogen and oxygen atoms in total. The lowest BCUT2D eigenvalue weighted by Gasteiger charge is -2.09. The Bertz CT molecular complexity index is 514. The molecule has 1 amide bonds. The van der Waals surface area contributed by atoms with Crippen LogP contribution in [-0.4, -0.2) is 35.6 Å². The van der Waals surface area contributed by atoms with Crippen LogP contribution in [0.3, 0.4) is 0 Å². The van der Waals surface area contributed by atoms with Crippen LogP contribution in [0.2, 0.25) is 0 Å². The van der Waals surface area contributed by atoms with Gasteiger partial charge in [0.2, 0.25) is 5.78 Å². The Kier molecular flexibility index (Phi) is 4.09. The fourth-order valence-electron chi connectivity index (χ4n) is 1.31. The zero-order valence-corrected chi connectivity index (χ0v) is 9.84. The van der Waals surface area contributed by atoms with Crippen molar-refractivity contribution >= 4 is 17.4 Å². The number of halogens is 1. The standard InChI is InChI=1S/C11H11FN2O4/c1-13(2)11(16)10(15)6-7-5-8(14(17)18)3-4-9(7)12/h3-5H,6H2,1-2H3. The number of rotatable bonds is 4. The number of benzene rings is 1. The molecule has 0 unspecified atom stereocenters. The van der Waals surface area contributed by atoms with Gasteiger partial charge in [0.1, 0.15) is 5.82 Å². The van der Waals surface area contributed by atoms with E-state index in [0.29, 0.717) is 0 Å². The summed E-state index contributed by atoms with van der Waals surface area (Å²) in [7, 11) is 2.79. The Morgan fingerprint density at radius 1 is 1.39 bits per heavy atom. The van der Waals surface area contributed by atoms with Gasteiger partial charge in [0.05, 0.1) is 4.92 Å². The van der Waals surface area contributed by atoms with Crippen LogP contribution in [0.4, 0.5) is 10.1 Å². The second kappa shape index (κ2) is 5.35. The summed E-state index contributed by atoms with van der Waals surface area (Å²) >= 11 is 0. The zero-order valence-electron chi connectivity index (χ0n) is 9.84. The molecule has 0 aliphatic rings. The van der Waals surface area contributed by atoms with E-state index in [1.165, 1.54) is 14.1 Å². The number of ketones is 1. The highest BCUT2D eigenvalue weighted by atomic mass is 19.1. The number of hydrogen-bond donors (Lipinski definition) is 0. The Balaban J connectivity index is 2.97. The molecule has 1 rings (SSSR count). The molecule has 1 aromatic carbocycles. The lowest BCUT2D eigenvalue weighted by molar-refractivity contribution is -0.385. The molecule has 1 aromatic rings. The number of likely N-dealkylation sites (N-methyl/N-ethyl adjacent to an activating group) is 1. The van der Waals surface area contributed by atoms with Crippen LogP contribution in [0, 0.1) is 15.9 Å². The quantitative estimate of drug-likeness (QED) is 0.455. The van der Waals surface area contributed by atoms with Gasteiger partial charge in [-0.15, -0.1) is 0 Å². The van der Waals surface area contributed by atoms with Crippen LogP contribution in [0.5, 0.6) is 0 Å². The van der Waals surface area contributed by atoms with Crippen molar-refractivity contribution in [3.05, 3.63) is 39.7 Å². The third-order valence-electron chi connectivity index (χ3n) is 2.24. The summed E-state index contributed by atoms with van der Waals surface area (Å²) in [6.45, 7) is 0. The number of Topliss-reactive ketones (excluding diaryl/α,β-unsaturated/α-hetero) is 1. The number of amides is 1. The molecule has 0 saturated carbocycles. The first-order valence-corrected chi connectivity index (χ1v) is 5.00. The minimum atomic E-state index is -0.820. The van der Waals surface area contributed by atoms with Crippen LogP contribution in [0.1, 0.15) is 5.56 Å². The minimum Gasteiger partial charge on any atom is -0.342 e. The summed E-state index contributed by atoms with van der Waals surface area (Å²) < 4.78 is 13.4. The van der Waals surface area contributed by atoms with Crippen molar-refractivity contribution in [3.63, 3.8) is 0 Å². The molecule has 0 aliphatic carbocycles. The molecule has 0 spiro atoms. The number of carbonyl (C=O) groups is 2. The number of hydrogen-bond acceptors (Lipinski definition) is 4. The van der Waals surface area contributed by atoms with E-state index >= 15 is 0 Å². The first-order chi connectivity index (χ1) is 8.32. The lowest BCUT2D eigenvalue weighted by Crippen LogP contribution is -2.31. The van der Waals surface area contributed by atoms with Gasteiger partial charge in [-0.05, 0) is 6.07 Å². The summed E-state index contributed by atoms with van der Waals surface area (Å²) in [6, 6.07) is 2.86. The van der Waals surface area contributed by atoms with Crippen LogP contribution < -0.4 is 0 Å². The molecular formula is C11H11FN2O4. The molecule has 0 heterocycles. The van der Waals surface area contributed by atoms with Gasteiger partial charge < -0.3 is 4.90 Å². The van der Waals surface area contributed by atoms with E-state index in [1.54, 1.807) is 0 Å². The largest absolute Gasteiger partial charge is 0.342 e. The second-order valence-corrected chi connectivity index (χ2v) is 3.83. The van der Waals surface area contributed by atoms with Gasteiger partial charge in [-0.2, -0.15) is 0 Å². The summed E-state index contributed by atoms with van der Waals surface area (Å²) in [4.78, 5) is 33.6. The van der Waals surface area contributed by atoms with Crippen LogP contribution in [0.15, 0.2) is 18.2 Å². The monoisotopic (exact) mass is 254 g/mol. The zero-order chi connectivity index (χ0) is 13.9. The molecule has 0 saturated heterocycles. The number of nitro benzene ring substituents is 1. The molecule has 0 radical (unpaired) electrons. The molecular weight excluding hydrogens is 243 g/mol. The van der Waals surface area contributed by atoms with E-state index < -0.39 is 28.9 Å². The molecule has 0 N–H and O–H groups in total. The molecule has 96 valence electrons. The van der Waals surface area contributed by atoms with Crippen molar-refractivity contribution in [2.75, 3.05) is 14.1 Å². The number of nitro groups is 1. The van der Waals surface area contributed by atoms with E-state index in [-0.39, 0.29) is 11.3 Å². The van der Waals surface area contributed by atoms with Gasteiger partial charge in [0, 0.05) is 38.2 Å². The highest BCUT2D eigenvalue weighted by Gasteiger charge is 2.19. The van der Waals surface area contributed by atoms with E-state index in [0.717, 1.165) is 23.1 Å². The van der Waals surface area contributed by atoms with E-state index in [2.05, 4.69) is 0 Å². The van der Waals surface area contributed by atoms with Crippen LogP contribution in [-0.2, 0) is 16.0 Å². The van der Waals surface area contributed by atoms with Crippen LogP contribution in [0.25, 0.3) is 0 Å². The Hall–Kier alpha value is -2.31. The average molecular weight is 254 g/mol. The fourth-order valence-corrected chi connectivity index (χ4v) is 1.31. The minimum absolute atomic E-state index is 0.163. The smallest absolute Gasteiger partial charge is 0.289 e. The van der Waals surface area contributed by atoms with E-state index in [4.69, 9.17) is 0 Å². The van der Waals surface area contributed by atoms with Gasteiger partial charge in [0.15, 0.2) is 0 Å². The molecule has 18 heavy (non-hydrogen) atoms. The molecule has 0 aromatic heterocycles. The first kappa shape index (κ1) is 13.8. The van der Waals surface area contributed by atoms with Crippen molar-refractivity contribution in [2.24, 2.45) is 0 Å². The molecule has 0 fully saturated rings. The number of non-ortho nitro benzene ring substituents is 1. The van der Waals surface area contributed by atoms with Crippen molar-refractivity contribution in [2.45, 2.75) is 6.42 Å². The topological polar surface area (TPSA) is 80.5 Å².